The number of thiophene rings is 1. The number of aromatic carboxylic acids is 1. The second-order valence-electron chi connectivity index (χ2n) is 4.01. The Morgan fingerprint density at radius 2 is 2.35 bits per heavy atom. The number of aromatic nitrogens is 2. The molecule has 5 nitrogen and oxygen atoms in total. The third-order valence-corrected chi connectivity index (χ3v) is 4.79. The molecule has 0 amide bonds. The predicted octanol–water partition coefficient (Wildman–Crippen LogP) is 2.44. The van der Waals surface area contributed by atoms with Crippen LogP contribution < -0.4 is 5.73 Å². The van der Waals surface area contributed by atoms with Crippen molar-refractivity contribution in [3.8, 4) is 23.2 Å². The topological polar surface area (TPSA) is 81.1 Å². The number of halogens is 1. The Morgan fingerprint density at radius 3 is 2.90 bits per heavy atom. The second-order valence-corrected chi connectivity index (χ2v) is 5.94. The van der Waals surface area contributed by atoms with Crippen molar-refractivity contribution in [2.75, 3.05) is 0 Å². The quantitative estimate of drug-likeness (QED) is 0.655. The van der Waals surface area contributed by atoms with Crippen LogP contribution in [0.2, 0.25) is 0 Å². The lowest BCUT2D eigenvalue weighted by Crippen LogP contribution is -1.95. The maximum atomic E-state index is 11.1. The average molecular weight is 354 g/mol. The van der Waals surface area contributed by atoms with E-state index in [0.717, 1.165) is 27.0 Å². The van der Waals surface area contributed by atoms with Gasteiger partial charge < -0.3 is 10.8 Å². The van der Waals surface area contributed by atoms with Crippen LogP contribution in [0.15, 0.2) is 10.5 Å². The monoisotopic (exact) mass is 353 g/mol. The minimum atomic E-state index is -0.920. The number of carbonyl (C=O) groups is 1. The molecule has 0 fully saturated rings. The maximum absolute atomic E-state index is 11.1. The van der Waals surface area contributed by atoms with Crippen molar-refractivity contribution in [2.45, 2.75) is 13.3 Å². The van der Waals surface area contributed by atoms with Crippen molar-refractivity contribution in [1.29, 1.82) is 0 Å². The van der Waals surface area contributed by atoms with Crippen LogP contribution in [-0.2, 0) is 13.5 Å². The summed E-state index contributed by atoms with van der Waals surface area (Å²) in [5.41, 5.74) is 7.43. The van der Waals surface area contributed by atoms with E-state index in [0.29, 0.717) is 10.6 Å². The van der Waals surface area contributed by atoms with E-state index in [4.69, 9.17) is 10.8 Å². The first-order valence-electron chi connectivity index (χ1n) is 5.80. The molecule has 0 aliphatic rings. The van der Waals surface area contributed by atoms with Gasteiger partial charge in [-0.25, -0.2) is 4.79 Å². The summed E-state index contributed by atoms with van der Waals surface area (Å²) < 4.78 is 2.40. The lowest BCUT2D eigenvalue weighted by atomic mass is 10.1. The van der Waals surface area contributed by atoms with Gasteiger partial charge in [-0.3, -0.25) is 4.68 Å². The first-order chi connectivity index (χ1) is 9.49. The molecule has 7 heteroatoms. The van der Waals surface area contributed by atoms with Gasteiger partial charge in [0.05, 0.1) is 10.2 Å². The third kappa shape index (κ3) is 2.44. The molecule has 2 heterocycles. The summed E-state index contributed by atoms with van der Waals surface area (Å²) in [4.78, 5) is 12.4. The van der Waals surface area contributed by atoms with Gasteiger partial charge >= 0.3 is 5.97 Å². The van der Waals surface area contributed by atoms with Crippen molar-refractivity contribution in [2.24, 2.45) is 12.8 Å². The molecular formula is C13H12BrN3O2S. The van der Waals surface area contributed by atoms with Crippen molar-refractivity contribution in [3.63, 3.8) is 0 Å². The van der Waals surface area contributed by atoms with Crippen molar-refractivity contribution < 1.29 is 9.90 Å². The molecule has 0 saturated heterocycles. The van der Waals surface area contributed by atoms with Crippen LogP contribution in [0, 0.1) is 12.0 Å². The highest BCUT2D eigenvalue weighted by atomic mass is 79.9. The zero-order valence-electron chi connectivity index (χ0n) is 10.9. The highest BCUT2D eigenvalue weighted by molar-refractivity contribution is 9.10. The highest BCUT2D eigenvalue weighted by Gasteiger charge is 2.21. The number of rotatable bonds is 3. The zero-order chi connectivity index (χ0) is 14.9. The van der Waals surface area contributed by atoms with Gasteiger partial charge in [-0.05, 0) is 34.3 Å². The van der Waals surface area contributed by atoms with Gasteiger partial charge in [0.2, 0.25) is 0 Å². The van der Waals surface area contributed by atoms with E-state index in [1.165, 1.54) is 11.3 Å². The largest absolute Gasteiger partial charge is 0.477 e. The molecule has 0 aliphatic carbocycles. The van der Waals surface area contributed by atoms with Crippen LogP contribution in [-0.4, -0.2) is 20.9 Å². The molecule has 20 heavy (non-hydrogen) atoms. The molecule has 2 rings (SSSR count). The normalized spacial score (nSPS) is 10.2. The Bertz CT molecular complexity index is 737. The number of carboxylic acids is 1. The maximum Gasteiger partial charge on any atom is 0.345 e. The lowest BCUT2D eigenvalue weighted by molar-refractivity contribution is 0.0702. The summed E-state index contributed by atoms with van der Waals surface area (Å²) in [5, 5.41) is 13.4. The van der Waals surface area contributed by atoms with Crippen LogP contribution in [0.5, 0.6) is 0 Å². The summed E-state index contributed by atoms with van der Waals surface area (Å²) in [6, 6.07) is 4.00. The second kappa shape index (κ2) is 5.69. The molecule has 2 aromatic heterocycles. The summed E-state index contributed by atoms with van der Waals surface area (Å²) >= 11 is 4.75. The van der Waals surface area contributed by atoms with Crippen LogP contribution in [0.25, 0.3) is 11.3 Å². The Morgan fingerprint density at radius 1 is 1.65 bits per heavy atom. The fourth-order valence-electron chi connectivity index (χ4n) is 1.94. The number of hydrogen-bond donors (Lipinski definition) is 2. The van der Waals surface area contributed by atoms with Gasteiger partial charge in [0.15, 0.2) is 5.69 Å². The molecule has 0 bridgehead atoms. The molecule has 0 spiro atoms. The van der Waals surface area contributed by atoms with Gasteiger partial charge in [-0.15, -0.1) is 11.3 Å². The SMILES string of the molecule is CCc1sc(C(=O)O)cc1-c1c(Br)c(C#CN)nn1C. The highest BCUT2D eigenvalue weighted by Crippen LogP contribution is 2.37. The van der Waals surface area contributed by atoms with Crippen molar-refractivity contribution >= 4 is 33.2 Å². The predicted molar refractivity (Wildman–Crippen MR) is 81.6 cm³/mol. The fraction of sp³-hybridized carbons (Fsp3) is 0.231. The lowest BCUT2D eigenvalue weighted by Gasteiger charge is -2.02. The van der Waals surface area contributed by atoms with E-state index >= 15 is 0 Å². The number of aryl methyl sites for hydroxylation is 2. The Balaban J connectivity index is 2.67. The van der Waals surface area contributed by atoms with Crippen molar-refractivity contribution in [3.05, 3.63) is 26.0 Å². The molecular weight excluding hydrogens is 342 g/mol. The molecule has 0 atom stereocenters. The minimum absolute atomic E-state index is 0.316. The van der Waals surface area contributed by atoms with Crippen LogP contribution in [0.1, 0.15) is 27.2 Å². The van der Waals surface area contributed by atoms with E-state index in [1.807, 2.05) is 6.92 Å². The van der Waals surface area contributed by atoms with E-state index < -0.39 is 5.97 Å². The molecule has 0 saturated carbocycles. The van der Waals surface area contributed by atoms with Crippen molar-refractivity contribution in [1.82, 2.24) is 9.78 Å². The average Bonchev–Trinajstić information content (AvgIpc) is 2.92. The first-order valence-corrected chi connectivity index (χ1v) is 7.41. The third-order valence-electron chi connectivity index (χ3n) is 2.78. The fourth-order valence-corrected chi connectivity index (χ4v) is 3.52. The van der Waals surface area contributed by atoms with Gasteiger partial charge in [0, 0.05) is 23.5 Å². The summed E-state index contributed by atoms with van der Waals surface area (Å²) in [6.45, 7) is 1.99. The summed E-state index contributed by atoms with van der Waals surface area (Å²) in [7, 11) is 1.79. The number of nitrogens with two attached hydrogens (primary N) is 1. The van der Waals surface area contributed by atoms with E-state index in [9.17, 15) is 4.79 Å². The van der Waals surface area contributed by atoms with Gasteiger partial charge in [-0.1, -0.05) is 6.92 Å². The van der Waals surface area contributed by atoms with E-state index in [1.54, 1.807) is 17.8 Å². The van der Waals surface area contributed by atoms with Gasteiger partial charge in [-0.2, -0.15) is 5.10 Å². The standard InChI is InChI=1S/C13H12BrN3O2S/c1-3-9-7(6-10(20-9)13(18)19)12-11(14)8(4-5-15)16-17(12)2/h6H,3,15H2,1-2H3,(H,18,19). The molecule has 0 aliphatic heterocycles. The number of hydrogen-bond acceptors (Lipinski definition) is 4. The Labute approximate surface area is 128 Å². The van der Waals surface area contributed by atoms with Crippen LogP contribution in [0.4, 0.5) is 0 Å². The summed E-state index contributed by atoms with van der Waals surface area (Å²) in [5.74, 6) is 1.79. The zero-order valence-corrected chi connectivity index (χ0v) is 13.3. The molecule has 104 valence electrons. The van der Waals surface area contributed by atoms with Gasteiger partial charge in [0.25, 0.3) is 0 Å². The van der Waals surface area contributed by atoms with E-state index in [2.05, 4.69) is 33.0 Å². The minimum Gasteiger partial charge on any atom is -0.477 e. The first kappa shape index (κ1) is 14.6. The Kier molecular flexibility index (Phi) is 4.16. The number of nitrogens with zero attached hydrogens (tertiary/aromatic N) is 2. The van der Waals surface area contributed by atoms with E-state index in [-0.39, 0.29) is 0 Å². The molecule has 2 aromatic rings. The molecule has 0 radical (unpaired) electrons. The molecule has 0 aromatic carbocycles. The van der Waals surface area contributed by atoms with Crippen LogP contribution >= 0.6 is 27.3 Å². The molecule has 3 N–H and O–H groups in total. The van der Waals surface area contributed by atoms with Crippen LogP contribution in [0.3, 0.4) is 0 Å². The summed E-state index contributed by atoms with van der Waals surface area (Å²) in [6.07, 6.45) is 0.753. The van der Waals surface area contributed by atoms with Gasteiger partial charge in [0.1, 0.15) is 4.88 Å². The number of carboxylic acid groups (broad SMARTS) is 1. The molecule has 0 unspecified atom stereocenters. The Hall–Kier alpha value is -1.78. The smallest absolute Gasteiger partial charge is 0.345 e.